The molecule has 1 unspecified atom stereocenters. The van der Waals surface area contributed by atoms with Crippen LogP contribution in [-0.4, -0.2) is 16.3 Å². The summed E-state index contributed by atoms with van der Waals surface area (Å²) in [5.74, 6) is 0. The zero-order valence-corrected chi connectivity index (χ0v) is 7.75. The summed E-state index contributed by atoms with van der Waals surface area (Å²) < 4.78 is 37.7. The Kier molecular flexibility index (Phi) is 3.15. The Hall–Kier alpha value is -1.04. The molecule has 0 saturated heterocycles. The minimum Gasteiger partial charge on any atom is -0.330 e. The molecule has 6 heteroatoms. The normalized spacial score (nSPS) is 14.4. The van der Waals surface area contributed by atoms with E-state index in [0.717, 1.165) is 6.07 Å². The highest BCUT2D eigenvalue weighted by atomic mass is 19.4. The summed E-state index contributed by atoms with van der Waals surface area (Å²) in [5.41, 5.74) is 4.44. The number of nitrogens with zero attached hydrogens (tertiary/aromatic N) is 2. The quantitative estimate of drug-likeness (QED) is 0.821. The van der Waals surface area contributed by atoms with Crippen LogP contribution < -0.4 is 5.73 Å². The van der Waals surface area contributed by atoms with E-state index in [1.54, 1.807) is 6.92 Å². The summed E-state index contributed by atoms with van der Waals surface area (Å²) in [5, 5.41) is 3.44. The molecule has 1 aromatic heterocycles. The fourth-order valence-electron chi connectivity index (χ4n) is 1.11. The van der Waals surface area contributed by atoms with E-state index in [1.165, 1.54) is 10.9 Å². The number of aromatic nitrogens is 2. The molecule has 2 N–H and O–H groups in total. The van der Waals surface area contributed by atoms with Crippen LogP contribution in [0, 0.1) is 0 Å². The zero-order chi connectivity index (χ0) is 10.8. The molecule has 1 aromatic rings. The predicted octanol–water partition coefficient (Wildman–Crippen LogP) is 1.81. The van der Waals surface area contributed by atoms with Crippen molar-refractivity contribution in [1.29, 1.82) is 0 Å². The summed E-state index contributed by atoms with van der Waals surface area (Å²) in [4.78, 5) is 0. The van der Waals surface area contributed by atoms with Crippen molar-refractivity contribution in [3.63, 3.8) is 0 Å². The van der Waals surface area contributed by atoms with E-state index < -0.39 is 11.9 Å². The Morgan fingerprint density at radius 3 is 2.64 bits per heavy atom. The van der Waals surface area contributed by atoms with Crippen molar-refractivity contribution in [2.75, 3.05) is 6.54 Å². The smallest absolute Gasteiger partial charge is 0.330 e. The van der Waals surface area contributed by atoms with E-state index in [1.807, 2.05) is 0 Å². The number of hydrogen-bond donors (Lipinski definition) is 1. The lowest BCUT2D eigenvalue weighted by Crippen LogP contribution is -2.13. The highest BCUT2D eigenvalue weighted by Gasteiger charge is 2.33. The first-order valence-corrected chi connectivity index (χ1v) is 4.27. The molecule has 0 fully saturated rings. The van der Waals surface area contributed by atoms with Crippen LogP contribution in [0.25, 0.3) is 0 Å². The molecule has 0 aromatic carbocycles. The average Bonchev–Trinajstić information content (AvgIpc) is 2.51. The van der Waals surface area contributed by atoms with Gasteiger partial charge >= 0.3 is 6.18 Å². The number of halogens is 3. The molecule has 0 aliphatic carbocycles. The first-order valence-electron chi connectivity index (χ1n) is 4.27. The summed E-state index contributed by atoms with van der Waals surface area (Å²) in [7, 11) is 0. The fraction of sp³-hybridized carbons (Fsp3) is 0.625. The summed E-state index contributed by atoms with van der Waals surface area (Å²) in [6, 6.07) is 0.864. The minimum absolute atomic E-state index is 0.101. The Morgan fingerprint density at radius 1 is 1.57 bits per heavy atom. The van der Waals surface area contributed by atoms with Crippen molar-refractivity contribution in [2.24, 2.45) is 5.73 Å². The van der Waals surface area contributed by atoms with Gasteiger partial charge in [-0.3, -0.25) is 4.68 Å². The largest absolute Gasteiger partial charge is 0.435 e. The van der Waals surface area contributed by atoms with E-state index in [9.17, 15) is 13.2 Å². The van der Waals surface area contributed by atoms with E-state index in [2.05, 4.69) is 5.10 Å². The van der Waals surface area contributed by atoms with Gasteiger partial charge in [-0.15, -0.1) is 0 Å². The Morgan fingerprint density at radius 2 is 2.21 bits per heavy atom. The molecule has 14 heavy (non-hydrogen) atoms. The molecule has 0 aliphatic rings. The van der Waals surface area contributed by atoms with E-state index >= 15 is 0 Å². The van der Waals surface area contributed by atoms with Gasteiger partial charge in [-0.25, -0.2) is 0 Å². The van der Waals surface area contributed by atoms with Crippen LogP contribution in [0.15, 0.2) is 12.3 Å². The standard InChI is InChI=1S/C8H12F3N3/c1-6(2-4-12)14-5-3-7(13-14)8(9,10)11/h3,5-6H,2,4,12H2,1H3. The maximum atomic E-state index is 12.1. The van der Waals surface area contributed by atoms with Crippen molar-refractivity contribution in [2.45, 2.75) is 25.6 Å². The summed E-state index contributed by atoms with van der Waals surface area (Å²) in [6.45, 7) is 2.21. The SMILES string of the molecule is CC(CCN)n1ccc(C(F)(F)F)n1. The van der Waals surface area contributed by atoms with Crippen molar-refractivity contribution < 1.29 is 13.2 Å². The third kappa shape index (κ3) is 2.47. The van der Waals surface area contributed by atoms with Gasteiger partial charge in [0.25, 0.3) is 0 Å². The molecule has 1 rings (SSSR count). The van der Waals surface area contributed by atoms with Crippen LogP contribution in [0.1, 0.15) is 25.1 Å². The molecule has 1 atom stereocenters. The van der Waals surface area contributed by atoms with Gasteiger partial charge in [0.1, 0.15) is 0 Å². The lowest BCUT2D eigenvalue weighted by molar-refractivity contribution is -0.141. The zero-order valence-electron chi connectivity index (χ0n) is 7.75. The average molecular weight is 207 g/mol. The Balaban J connectivity index is 2.78. The second kappa shape index (κ2) is 4.00. The van der Waals surface area contributed by atoms with Gasteiger partial charge < -0.3 is 5.73 Å². The number of alkyl halides is 3. The van der Waals surface area contributed by atoms with Crippen molar-refractivity contribution in [3.8, 4) is 0 Å². The van der Waals surface area contributed by atoms with Crippen LogP contribution in [0.4, 0.5) is 13.2 Å². The molecule has 0 amide bonds. The van der Waals surface area contributed by atoms with Crippen LogP contribution in [0.5, 0.6) is 0 Å². The molecule has 80 valence electrons. The van der Waals surface area contributed by atoms with Crippen LogP contribution in [-0.2, 0) is 6.18 Å². The molecular weight excluding hydrogens is 195 g/mol. The van der Waals surface area contributed by atoms with Gasteiger partial charge in [-0.1, -0.05) is 0 Å². The second-order valence-corrected chi connectivity index (χ2v) is 3.11. The lowest BCUT2D eigenvalue weighted by atomic mass is 10.2. The molecule has 0 spiro atoms. The third-order valence-corrected chi connectivity index (χ3v) is 1.93. The van der Waals surface area contributed by atoms with Gasteiger partial charge in [0.2, 0.25) is 0 Å². The number of hydrogen-bond acceptors (Lipinski definition) is 2. The monoisotopic (exact) mass is 207 g/mol. The topological polar surface area (TPSA) is 43.8 Å². The van der Waals surface area contributed by atoms with Crippen LogP contribution in [0.3, 0.4) is 0 Å². The van der Waals surface area contributed by atoms with Gasteiger partial charge in [0.05, 0.1) is 6.04 Å². The summed E-state index contributed by atoms with van der Waals surface area (Å²) in [6.07, 6.45) is -2.43. The predicted molar refractivity (Wildman–Crippen MR) is 45.6 cm³/mol. The van der Waals surface area contributed by atoms with Crippen LogP contribution in [0.2, 0.25) is 0 Å². The fourth-order valence-corrected chi connectivity index (χ4v) is 1.11. The van der Waals surface area contributed by atoms with Crippen molar-refractivity contribution in [3.05, 3.63) is 18.0 Å². The Bertz CT molecular complexity index is 292. The molecule has 0 radical (unpaired) electrons. The lowest BCUT2D eigenvalue weighted by Gasteiger charge is -2.10. The highest BCUT2D eigenvalue weighted by molar-refractivity contribution is 5.03. The molecule has 3 nitrogen and oxygen atoms in total. The Labute approximate surface area is 79.7 Å². The first kappa shape index (κ1) is 11.0. The van der Waals surface area contributed by atoms with E-state index in [-0.39, 0.29) is 6.04 Å². The minimum atomic E-state index is -4.37. The second-order valence-electron chi connectivity index (χ2n) is 3.11. The van der Waals surface area contributed by atoms with Crippen molar-refractivity contribution >= 4 is 0 Å². The van der Waals surface area contributed by atoms with Crippen molar-refractivity contribution in [1.82, 2.24) is 9.78 Å². The molecule has 1 heterocycles. The molecule has 0 aliphatic heterocycles. The van der Waals surface area contributed by atoms with Gasteiger partial charge in [0, 0.05) is 6.20 Å². The van der Waals surface area contributed by atoms with Gasteiger partial charge in [-0.2, -0.15) is 18.3 Å². The van der Waals surface area contributed by atoms with Gasteiger partial charge in [-0.05, 0) is 26.0 Å². The molecule has 0 bridgehead atoms. The first-order chi connectivity index (χ1) is 6.45. The number of rotatable bonds is 3. The van der Waals surface area contributed by atoms with Gasteiger partial charge in [0.15, 0.2) is 5.69 Å². The maximum Gasteiger partial charge on any atom is 0.435 e. The third-order valence-electron chi connectivity index (χ3n) is 1.93. The van der Waals surface area contributed by atoms with E-state index in [4.69, 9.17) is 5.73 Å². The van der Waals surface area contributed by atoms with Crippen LogP contribution >= 0.6 is 0 Å². The maximum absolute atomic E-state index is 12.1. The van der Waals surface area contributed by atoms with E-state index in [0.29, 0.717) is 13.0 Å². The highest BCUT2D eigenvalue weighted by Crippen LogP contribution is 2.27. The summed E-state index contributed by atoms with van der Waals surface area (Å²) >= 11 is 0. The molecular formula is C8H12F3N3. The molecule has 0 saturated carbocycles. The number of nitrogens with two attached hydrogens (primary N) is 1.